The van der Waals surface area contributed by atoms with E-state index in [1.807, 2.05) is 24.0 Å². The lowest BCUT2D eigenvalue weighted by Gasteiger charge is -2.22. The molecule has 2 rings (SSSR count). The van der Waals surface area contributed by atoms with Crippen molar-refractivity contribution in [2.24, 2.45) is 0 Å². The number of nitrogens with zero attached hydrogens (tertiary/aromatic N) is 2. The van der Waals surface area contributed by atoms with Crippen LogP contribution in [0.2, 0.25) is 0 Å². The Morgan fingerprint density at radius 1 is 1.65 bits per heavy atom. The van der Waals surface area contributed by atoms with Crippen LogP contribution in [0.1, 0.15) is 24.8 Å². The molecule has 0 spiro atoms. The first kappa shape index (κ1) is 12.1. The van der Waals surface area contributed by atoms with Gasteiger partial charge in [-0.2, -0.15) is 5.10 Å². The van der Waals surface area contributed by atoms with E-state index in [-0.39, 0.29) is 11.9 Å². The molecule has 1 unspecified atom stereocenters. The van der Waals surface area contributed by atoms with Crippen molar-refractivity contribution in [2.45, 2.75) is 38.8 Å². The summed E-state index contributed by atoms with van der Waals surface area (Å²) in [6.07, 6.45) is 7.07. The van der Waals surface area contributed by atoms with Crippen LogP contribution < -0.4 is 10.6 Å². The Bertz CT molecular complexity index is 368. The summed E-state index contributed by atoms with van der Waals surface area (Å²) in [6.45, 7) is 4.33. The summed E-state index contributed by atoms with van der Waals surface area (Å²) in [5, 5.41) is 10.4. The molecule has 2 heterocycles. The summed E-state index contributed by atoms with van der Waals surface area (Å²) < 4.78 is 1.85. The van der Waals surface area contributed by atoms with E-state index in [1.54, 1.807) is 0 Å². The number of carbonyl (C=O) groups excluding carboxylic acids is 1. The molecule has 0 radical (unpaired) electrons. The molecule has 0 aromatic carbocycles. The van der Waals surface area contributed by atoms with Gasteiger partial charge in [-0.05, 0) is 31.9 Å². The number of aromatic nitrogens is 2. The lowest BCUT2D eigenvalue weighted by molar-refractivity contribution is -0.123. The standard InChI is InChI=1S/C12H20N4O/c1-10-8-15-16(9-10)7-6-14-12(17)11-4-2-3-5-13-11/h8-9,11,13H,2-7H2,1H3,(H,14,17). The van der Waals surface area contributed by atoms with E-state index in [0.29, 0.717) is 6.54 Å². The molecule has 5 nitrogen and oxygen atoms in total. The second-order valence-corrected chi connectivity index (χ2v) is 4.57. The molecule has 0 saturated carbocycles. The van der Waals surface area contributed by atoms with Gasteiger partial charge in [0.1, 0.15) is 0 Å². The fraction of sp³-hybridized carbons (Fsp3) is 0.667. The van der Waals surface area contributed by atoms with Crippen LogP contribution in [0.4, 0.5) is 0 Å². The molecule has 1 saturated heterocycles. The van der Waals surface area contributed by atoms with E-state index < -0.39 is 0 Å². The SMILES string of the molecule is Cc1cnn(CCNC(=O)C2CCCCN2)c1. The Hall–Kier alpha value is -1.36. The van der Waals surface area contributed by atoms with Gasteiger partial charge >= 0.3 is 0 Å². The summed E-state index contributed by atoms with van der Waals surface area (Å²) >= 11 is 0. The Balaban J connectivity index is 1.69. The minimum Gasteiger partial charge on any atom is -0.353 e. The Kier molecular flexibility index (Phi) is 4.14. The maximum atomic E-state index is 11.8. The third kappa shape index (κ3) is 3.56. The highest BCUT2D eigenvalue weighted by molar-refractivity contribution is 5.81. The lowest BCUT2D eigenvalue weighted by Crippen LogP contribution is -2.47. The molecule has 5 heteroatoms. The van der Waals surface area contributed by atoms with Crippen molar-refractivity contribution in [3.8, 4) is 0 Å². The lowest BCUT2D eigenvalue weighted by atomic mass is 10.0. The first-order chi connectivity index (χ1) is 8.25. The molecule has 1 aliphatic heterocycles. The van der Waals surface area contributed by atoms with Gasteiger partial charge in [0, 0.05) is 12.7 Å². The van der Waals surface area contributed by atoms with Crippen molar-refractivity contribution in [2.75, 3.05) is 13.1 Å². The third-order valence-corrected chi connectivity index (χ3v) is 3.03. The zero-order valence-electron chi connectivity index (χ0n) is 10.3. The number of carbonyl (C=O) groups is 1. The highest BCUT2D eigenvalue weighted by Gasteiger charge is 2.19. The first-order valence-corrected chi connectivity index (χ1v) is 6.26. The number of rotatable bonds is 4. The molecule has 1 fully saturated rings. The van der Waals surface area contributed by atoms with Gasteiger partial charge in [0.15, 0.2) is 0 Å². The average Bonchev–Trinajstić information content (AvgIpc) is 2.76. The molecule has 1 aromatic heterocycles. The van der Waals surface area contributed by atoms with Crippen LogP contribution in [0.25, 0.3) is 0 Å². The maximum Gasteiger partial charge on any atom is 0.237 e. The summed E-state index contributed by atoms with van der Waals surface area (Å²) in [5.41, 5.74) is 1.14. The van der Waals surface area contributed by atoms with Crippen molar-refractivity contribution >= 4 is 5.91 Å². The molecule has 1 aromatic rings. The fourth-order valence-corrected chi connectivity index (χ4v) is 2.08. The van der Waals surface area contributed by atoms with Gasteiger partial charge in [-0.3, -0.25) is 9.48 Å². The second-order valence-electron chi connectivity index (χ2n) is 4.57. The van der Waals surface area contributed by atoms with Crippen LogP contribution in [0.15, 0.2) is 12.4 Å². The van der Waals surface area contributed by atoms with E-state index in [9.17, 15) is 4.79 Å². The Labute approximate surface area is 102 Å². The van der Waals surface area contributed by atoms with E-state index in [2.05, 4.69) is 15.7 Å². The highest BCUT2D eigenvalue weighted by Crippen LogP contribution is 2.06. The number of piperidine rings is 1. The predicted molar refractivity (Wildman–Crippen MR) is 65.6 cm³/mol. The summed E-state index contributed by atoms with van der Waals surface area (Å²) in [7, 11) is 0. The highest BCUT2D eigenvalue weighted by atomic mass is 16.2. The van der Waals surface area contributed by atoms with Crippen molar-refractivity contribution in [1.29, 1.82) is 0 Å². The van der Waals surface area contributed by atoms with Crippen LogP contribution in [-0.2, 0) is 11.3 Å². The van der Waals surface area contributed by atoms with Gasteiger partial charge in [-0.25, -0.2) is 0 Å². The summed E-state index contributed by atoms with van der Waals surface area (Å²) in [6, 6.07) is 0.00288. The van der Waals surface area contributed by atoms with Crippen LogP contribution in [0, 0.1) is 6.92 Å². The topological polar surface area (TPSA) is 59.0 Å². The quantitative estimate of drug-likeness (QED) is 0.798. The van der Waals surface area contributed by atoms with E-state index >= 15 is 0 Å². The fourth-order valence-electron chi connectivity index (χ4n) is 2.08. The van der Waals surface area contributed by atoms with Gasteiger partial charge < -0.3 is 10.6 Å². The summed E-state index contributed by atoms with van der Waals surface area (Å²) in [5.74, 6) is 0.119. The zero-order valence-corrected chi connectivity index (χ0v) is 10.3. The van der Waals surface area contributed by atoms with Crippen LogP contribution in [0.5, 0.6) is 0 Å². The molecule has 0 bridgehead atoms. The van der Waals surface area contributed by atoms with Gasteiger partial charge in [-0.15, -0.1) is 0 Å². The van der Waals surface area contributed by atoms with Gasteiger partial charge in [-0.1, -0.05) is 6.42 Å². The van der Waals surface area contributed by atoms with Crippen molar-refractivity contribution in [3.63, 3.8) is 0 Å². The molecule has 2 N–H and O–H groups in total. The zero-order chi connectivity index (χ0) is 12.1. The Morgan fingerprint density at radius 2 is 2.53 bits per heavy atom. The average molecular weight is 236 g/mol. The summed E-state index contributed by atoms with van der Waals surface area (Å²) in [4.78, 5) is 11.8. The van der Waals surface area contributed by atoms with E-state index in [0.717, 1.165) is 31.5 Å². The number of hydrogen-bond acceptors (Lipinski definition) is 3. The first-order valence-electron chi connectivity index (χ1n) is 6.26. The van der Waals surface area contributed by atoms with E-state index in [4.69, 9.17) is 0 Å². The molecule has 1 amide bonds. The van der Waals surface area contributed by atoms with E-state index in [1.165, 1.54) is 6.42 Å². The molecular weight excluding hydrogens is 216 g/mol. The van der Waals surface area contributed by atoms with Crippen LogP contribution >= 0.6 is 0 Å². The Morgan fingerprint density at radius 3 is 3.18 bits per heavy atom. The minimum atomic E-state index is 0.00288. The van der Waals surface area contributed by atoms with Gasteiger partial charge in [0.25, 0.3) is 0 Å². The number of hydrogen-bond donors (Lipinski definition) is 2. The van der Waals surface area contributed by atoms with Crippen LogP contribution in [0.3, 0.4) is 0 Å². The van der Waals surface area contributed by atoms with Crippen LogP contribution in [-0.4, -0.2) is 34.8 Å². The largest absolute Gasteiger partial charge is 0.353 e. The van der Waals surface area contributed by atoms with Crippen molar-refractivity contribution < 1.29 is 4.79 Å². The van der Waals surface area contributed by atoms with Gasteiger partial charge in [0.2, 0.25) is 5.91 Å². The molecule has 17 heavy (non-hydrogen) atoms. The molecular formula is C12H20N4O. The molecule has 1 atom stereocenters. The van der Waals surface area contributed by atoms with Crippen molar-refractivity contribution in [1.82, 2.24) is 20.4 Å². The monoisotopic (exact) mass is 236 g/mol. The smallest absolute Gasteiger partial charge is 0.237 e. The number of amides is 1. The van der Waals surface area contributed by atoms with Gasteiger partial charge in [0.05, 0.1) is 18.8 Å². The molecule has 1 aliphatic rings. The second kappa shape index (κ2) is 5.82. The number of aryl methyl sites for hydroxylation is 1. The minimum absolute atomic E-state index is 0.00288. The third-order valence-electron chi connectivity index (χ3n) is 3.03. The maximum absolute atomic E-state index is 11.8. The predicted octanol–water partition coefficient (Wildman–Crippen LogP) is 0.450. The number of nitrogens with one attached hydrogen (secondary N) is 2. The molecule has 94 valence electrons. The molecule has 0 aliphatic carbocycles. The van der Waals surface area contributed by atoms with Crippen molar-refractivity contribution in [3.05, 3.63) is 18.0 Å². The normalized spacial score (nSPS) is 20.2.